The van der Waals surface area contributed by atoms with E-state index >= 15 is 0 Å². The lowest BCUT2D eigenvalue weighted by Crippen LogP contribution is -2.40. The van der Waals surface area contributed by atoms with Gasteiger partial charge in [0.2, 0.25) is 5.91 Å². The first-order valence-electron chi connectivity index (χ1n) is 12.1. The van der Waals surface area contributed by atoms with E-state index in [1.807, 2.05) is 35.7 Å². The number of rotatable bonds is 8. The average molecular weight is 568 g/mol. The maximum absolute atomic E-state index is 13.2. The fraction of sp³-hybridized carbons (Fsp3) is 0.440. The van der Waals surface area contributed by atoms with Crippen LogP contribution in [0.4, 0.5) is 17.6 Å². The molecule has 7 nitrogen and oxygen atoms in total. The summed E-state index contributed by atoms with van der Waals surface area (Å²) >= 11 is 3.21. The minimum Gasteiger partial charge on any atom is -0.387 e. The summed E-state index contributed by atoms with van der Waals surface area (Å²) in [7, 11) is 0. The first kappa shape index (κ1) is 26.7. The molecule has 1 saturated heterocycles. The van der Waals surface area contributed by atoms with E-state index in [0.29, 0.717) is 42.4 Å². The Bertz CT molecular complexity index is 1280. The fourth-order valence-corrected chi connectivity index (χ4v) is 6.41. The van der Waals surface area contributed by atoms with Gasteiger partial charge in [0, 0.05) is 36.6 Å². The molecule has 0 saturated carbocycles. The predicted molar refractivity (Wildman–Crippen MR) is 136 cm³/mol. The number of carbonyl (C=O) groups is 1. The Hall–Kier alpha value is -2.93. The molecule has 1 amide bonds. The van der Waals surface area contributed by atoms with Gasteiger partial charge in [0.25, 0.3) is 12.9 Å². The van der Waals surface area contributed by atoms with Gasteiger partial charge in [-0.2, -0.15) is 5.10 Å². The van der Waals surface area contributed by atoms with Gasteiger partial charge in [0.1, 0.15) is 23.0 Å². The van der Waals surface area contributed by atoms with Gasteiger partial charge in [-0.1, -0.05) is 35.5 Å². The number of likely N-dealkylation sites (tertiary alicyclic amines) is 1. The summed E-state index contributed by atoms with van der Waals surface area (Å²) in [6.07, 6.45) is -3.92. The molecule has 1 atom stereocenters. The number of piperidine rings is 1. The number of oxime groups is 1. The molecular formula is C25H25F4N5O2S2. The third-order valence-corrected chi connectivity index (χ3v) is 8.60. The van der Waals surface area contributed by atoms with Crippen LogP contribution >= 0.6 is 23.1 Å². The molecule has 2 aliphatic heterocycles. The molecule has 0 radical (unpaired) electrons. The highest BCUT2D eigenvalue weighted by molar-refractivity contribution is 8.13. The maximum atomic E-state index is 13.2. The van der Waals surface area contributed by atoms with Crippen molar-refractivity contribution in [1.29, 1.82) is 0 Å². The quantitative estimate of drug-likeness (QED) is 0.298. The Morgan fingerprint density at radius 1 is 1.13 bits per heavy atom. The summed E-state index contributed by atoms with van der Waals surface area (Å²) in [6, 6.07) is 10.6. The normalized spacial score (nSPS) is 18.3. The van der Waals surface area contributed by atoms with Crippen molar-refractivity contribution >= 4 is 34.0 Å². The molecule has 5 rings (SSSR count). The Labute approximate surface area is 224 Å². The number of benzene rings is 1. The fourth-order valence-electron chi connectivity index (χ4n) is 4.49. The highest BCUT2D eigenvalue weighted by atomic mass is 32.2. The minimum absolute atomic E-state index is 0.0563. The highest BCUT2D eigenvalue weighted by Crippen LogP contribution is 2.34. The summed E-state index contributed by atoms with van der Waals surface area (Å²) in [5.41, 5.74) is 0.632. The van der Waals surface area contributed by atoms with E-state index in [-0.39, 0.29) is 12.0 Å². The molecule has 1 aromatic carbocycles. The summed E-state index contributed by atoms with van der Waals surface area (Å²) in [6.45, 7) is 0.388. The van der Waals surface area contributed by atoms with Crippen molar-refractivity contribution in [1.82, 2.24) is 19.7 Å². The first-order valence-corrected chi connectivity index (χ1v) is 14.0. The second-order valence-electron chi connectivity index (χ2n) is 9.07. The molecule has 1 unspecified atom stereocenters. The van der Waals surface area contributed by atoms with E-state index in [1.165, 1.54) is 0 Å². The number of thiazole rings is 1. The van der Waals surface area contributed by atoms with Crippen LogP contribution < -0.4 is 0 Å². The Morgan fingerprint density at radius 2 is 1.89 bits per heavy atom. The Kier molecular flexibility index (Phi) is 8.32. The number of hydrogen-bond acceptors (Lipinski definition) is 7. The van der Waals surface area contributed by atoms with Crippen LogP contribution in [0.1, 0.15) is 71.8 Å². The third-order valence-electron chi connectivity index (χ3n) is 6.53. The number of nitrogens with zero attached hydrogens (tertiary/aromatic N) is 5. The molecule has 2 aliphatic rings. The van der Waals surface area contributed by atoms with Gasteiger partial charge in [-0.25, -0.2) is 22.5 Å². The Balaban J connectivity index is 1.09. The molecule has 38 heavy (non-hydrogen) atoms. The van der Waals surface area contributed by atoms with Crippen LogP contribution in [-0.4, -0.2) is 43.7 Å². The number of alkyl halides is 4. The maximum Gasteiger partial charge on any atom is 0.282 e. The van der Waals surface area contributed by atoms with Gasteiger partial charge >= 0.3 is 0 Å². The van der Waals surface area contributed by atoms with E-state index in [4.69, 9.17) is 9.82 Å². The molecule has 13 heteroatoms. The molecule has 0 aliphatic carbocycles. The number of carbonyl (C=O) groups excluding carboxylic acids is 1. The molecule has 0 bridgehead atoms. The number of hydrogen-bond donors (Lipinski definition) is 0. The van der Waals surface area contributed by atoms with Crippen LogP contribution in [0.5, 0.6) is 0 Å². The molecule has 3 aromatic rings. The SMILES string of the molecule is O=C(Cn1nc(C(F)F)cc1C(F)F)N1CCC(c2nc(CSC3=NOC(c4ccccc4)C3)cs2)CC1. The lowest BCUT2D eigenvalue weighted by molar-refractivity contribution is -0.133. The van der Waals surface area contributed by atoms with Crippen LogP contribution in [-0.2, 0) is 21.9 Å². The van der Waals surface area contributed by atoms with Crippen molar-refractivity contribution in [3.8, 4) is 0 Å². The van der Waals surface area contributed by atoms with Crippen LogP contribution in [0.15, 0.2) is 46.9 Å². The van der Waals surface area contributed by atoms with Crippen LogP contribution in [0, 0.1) is 0 Å². The second-order valence-corrected chi connectivity index (χ2v) is 11.0. The zero-order valence-corrected chi connectivity index (χ0v) is 21.8. The summed E-state index contributed by atoms with van der Waals surface area (Å²) in [5, 5.41) is 11.7. The van der Waals surface area contributed by atoms with Crippen molar-refractivity contribution in [2.45, 2.75) is 56.4 Å². The number of amides is 1. The summed E-state index contributed by atoms with van der Waals surface area (Å²) < 4.78 is 52.9. The first-order chi connectivity index (χ1) is 18.4. The van der Waals surface area contributed by atoms with Gasteiger partial charge in [0.15, 0.2) is 6.10 Å². The van der Waals surface area contributed by atoms with Crippen LogP contribution in [0.25, 0.3) is 0 Å². The number of aromatic nitrogens is 3. The minimum atomic E-state index is -3.00. The largest absolute Gasteiger partial charge is 0.387 e. The molecule has 0 N–H and O–H groups in total. The van der Waals surface area contributed by atoms with Crippen LogP contribution in [0.2, 0.25) is 0 Å². The predicted octanol–water partition coefficient (Wildman–Crippen LogP) is 6.33. The van der Waals surface area contributed by atoms with E-state index in [2.05, 4.69) is 10.3 Å². The summed E-state index contributed by atoms with van der Waals surface area (Å²) in [5.74, 6) is 0.470. The lowest BCUT2D eigenvalue weighted by atomic mass is 9.97. The summed E-state index contributed by atoms with van der Waals surface area (Å²) in [4.78, 5) is 24.6. The van der Waals surface area contributed by atoms with Crippen molar-refractivity contribution in [3.63, 3.8) is 0 Å². The topological polar surface area (TPSA) is 72.6 Å². The molecule has 0 spiro atoms. The van der Waals surface area contributed by atoms with E-state index in [9.17, 15) is 22.4 Å². The van der Waals surface area contributed by atoms with Crippen molar-refractivity contribution < 1.29 is 27.2 Å². The van der Waals surface area contributed by atoms with Gasteiger partial charge in [-0.05, 0) is 24.5 Å². The van der Waals surface area contributed by atoms with Crippen molar-refractivity contribution in [3.05, 3.63) is 69.4 Å². The molecule has 1 fully saturated rings. The van der Waals surface area contributed by atoms with E-state index in [1.54, 1.807) is 28.0 Å². The Morgan fingerprint density at radius 3 is 2.61 bits per heavy atom. The molecular weight excluding hydrogens is 542 g/mol. The van der Waals surface area contributed by atoms with Crippen molar-refractivity contribution in [2.24, 2.45) is 5.16 Å². The number of halogens is 4. The standard InChI is InChI=1S/C25H25F4N5O2S2/c26-23(27)18-10-19(24(28)29)34(31-18)12-22(35)33-8-6-16(7-9-33)25-30-17(14-38-25)13-37-21-11-20(36-32-21)15-4-2-1-3-5-15/h1-5,10,14,16,20,23-24H,6-9,11-13H2. The smallest absolute Gasteiger partial charge is 0.282 e. The van der Waals surface area contributed by atoms with E-state index < -0.39 is 36.7 Å². The lowest BCUT2D eigenvalue weighted by Gasteiger charge is -2.31. The van der Waals surface area contributed by atoms with Gasteiger partial charge < -0.3 is 9.74 Å². The zero-order valence-electron chi connectivity index (χ0n) is 20.2. The average Bonchev–Trinajstić information content (AvgIpc) is 3.68. The monoisotopic (exact) mass is 567 g/mol. The highest BCUT2D eigenvalue weighted by Gasteiger charge is 2.28. The number of thioether (sulfide) groups is 1. The van der Waals surface area contributed by atoms with Gasteiger partial charge in [0.05, 0.1) is 10.7 Å². The van der Waals surface area contributed by atoms with E-state index in [0.717, 1.165) is 27.7 Å². The van der Waals surface area contributed by atoms with Crippen molar-refractivity contribution in [2.75, 3.05) is 13.1 Å². The van der Waals surface area contributed by atoms with Gasteiger partial charge in [-0.15, -0.1) is 23.1 Å². The second kappa shape index (κ2) is 11.9. The van der Waals surface area contributed by atoms with Crippen LogP contribution in [0.3, 0.4) is 0 Å². The molecule has 2 aromatic heterocycles. The van der Waals surface area contributed by atoms with Gasteiger partial charge in [-0.3, -0.25) is 9.48 Å². The zero-order chi connectivity index (χ0) is 26.6. The third kappa shape index (κ3) is 6.20. The molecule has 202 valence electrons. The molecule has 4 heterocycles.